The second kappa shape index (κ2) is 2.84. The number of aliphatic carboxylic acids is 1. The lowest BCUT2D eigenvalue weighted by Gasteiger charge is -1.89. The van der Waals surface area contributed by atoms with Gasteiger partial charge in [0.15, 0.2) is 0 Å². The van der Waals surface area contributed by atoms with E-state index >= 15 is 0 Å². The summed E-state index contributed by atoms with van der Waals surface area (Å²) in [5, 5.41) is 8.41. The Hall–Kier alpha value is -0.830. The van der Waals surface area contributed by atoms with Crippen LogP contribution in [0, 0.1) is 0 Å². The van der Waals surface area contributed by atoms with E-state index in [1.807, 2.05) is 0 Å². The molecule has 0 aromatic carbocycles. The maximum atomic E-state index is 10.2. The van der Waals surface area contributed by atoms with Crippen LogP contribution in [0.25, 0.3) is 0 Å². The highest BCUT2D eigenvalue weighted by molar-refractivity contribution is 5.85. The average Bonchev–Trinajstić information content (AvgIpc) is 2.64. The molecule has 0 amide bonds. The Morgan fingerprint density at radius 2 is 2.50 bits per heavy atom. The molecule has 0 spiro atoms. The maximum Gasteiger partial charge on any atom is 0.330 e. The first-order chi connectivity index (χ1) is 4.70. The summed E-state index contributed by atoms with van der Waals surface area (Å²) in [6.45, 7) is 2.37. The number of carboxylic acids is 1. The van der Waals surface area contributed by atoms with Gasteiger partial charge in [0.1, 0.15) is 0 Å². The van der Waals surface area contributed by atoms with Gasteiger partial charge in [0.25, 0.3) is 0 Å². The summed E-state index contributed by atoms with van der Waals surface area (Å²) in [6, 6.07) is 0. The zero-order valence-electron chi connectivity index (χ0n) is 5.83. The molecule has 0 bridgehead atoms. The van der Waals surface area contributed by atoms with Crippen molar-refractivity contribution >= 4 is 5.97 Å². The first-order valence-electron chi connectivity index (χ1n) is 3.22. The predicted molar refractivity (Wildman–Crippen MR) is 35.7 cm³/mol. The Labute approximate surface area is 59.3 Å². The van der Waals surface area contributed by atoms with Gasteiger partial charge in [0, 0.05) is 5.57 Å². The molecule has 0 aromatic heterocycles. The highest BCUT2D eigenvalue weighted by Gasteiger charge is 2.20. The SMILES string of the molecule is C/C(=C\CC1CO1)C(=O)O. The van der Waals surface area contributed by atoms with E-state index in [0.717, 1.165) is 13.0 Å². The van der Waals surface area contributed by atoms with Crippen molar-refractivity contribution in [3.63, 3.8) is 0 Å². The molecule has 0 aromatic rings. The van der Waals surface area contributed by atoms with Crippen molar-refractivity contribution in [2.45, 2.75) is 19.4 Å². The van der Waals surface area contributed by atoms with Crippen molar-refractivity contribution in [3.8, 4) is 0 Å². The fraction of sp³-hybridized carbons (Fsp3) is 0.571. The van der Waals surface area contributed by atoms with Crippen LogP contribution in [0.3, 0.4) is 0 Å². The molecule has 0 saturated carbocycles. The van der Waals surface area contributed by atoms with E-state index in [1.54, 1.807) is 13.0 Å². The van der Waals surface area contributed by atoms with Crippen LogP contribution in [0.15, 0.2) is 11.6 Å². The highest BCUT2D eigenvalue weighted by atomic mass is 16.6. The van der Waals surface area contributed by atoms with Gasteiger partial charge < -0.3 is 9.84 Å². The van der Waals surface area contributed by atoms with Gasteiger partial charge in [-0.1, -0.05) is 6.08 Å². The van der Waals surface area contributed by atoms with Crippen molar-refractivity contribution in [3.05, 3.63) is 11.6 Å². The quantitative estimate of drug-likeness (QED) is 0.468. The summed E-state index contributed by atoms with van der Waals surface area (Å²) < 4.78 is 4.90. The van der Waals surface area contributed by atoms with Crippen LogP contribution in [-0.4, -0.2) is 23.8 Å². The average molecular weight is 142 g/mol. The summed E-state index contributed by atoms with van der Waals surface area (Å²) in [4.78, 5) is 10.2. The number of carboxylic acid groups (broad SMARTS) is 1. The third kappa shape index (κ3) is 2.19. The van der Waals surface area contributed by atoms with Gasteiger partial charge in [0.05, 0.1) is 12.7 Å². The molecule has 3 heteroatoms. The molecule has 1 heterocycles. The summed E-state index contributed by atoms with van der Waals surface area (Å²) in [6.07, 6.45) is 2.72. The van der Waals surface area contributed by atoms with Crippen LogP contribution in [0.1, 0.15) is 13.3 Å². The number of epoxide rings is 1. The van der Waals surface area contributed by atoms with Crippen LogP contribution in [0.5, 0.6) is 0 Å². The largest absolute Gasteiger partial charge is 0.478 e. The normalized spacial score (nSPS) is 24.5. The van der Waals surface area contributed by atoms with E-state index < -0.39 is 5.97 Å². The van der Waals surface area contributed by atoms with Gasteiger partial charge in [-0.15, -0.1) is 0 Å². The monoisotopic (exact) mass is 142 g/mol. The molecule has 1 N–H and O–H groups in total. The van der Waals surface area contributed by atoms with Crippen LogP contribution >= 0.6 is 0 Å². The number of ether oxygens (including phenoxy) is 1. The number of hydrogen-bond acceptors (Lipinski definition) is 2. The standard InChI is InChI=1S/C7H10O3/c1-5(7(8)9)2-3-6-4-10-6/h2,6H,3-4H2,1H3,(H,8,9)/b5-2+. The third-order valence-corrected chi connectivity index (χ3v) is 1.43. The van der Waals surface area contributed by atoms with Crippen molar-refractivity contribution in [2.75, 3.05) is 6.61 Å². The van der Waals surface area contributed by atoms with Crippen molar-refractivity contribution in [1.29, 1.82) is 0 Å². The highest BCUT2D eigenvalue weighted by Crippen LogP contribution is 2.14. The van der Waals surface area contributed by atoms with E-state index in [-0.39, 0.29) is 6.10 Å². The minimum absolute atomic E-state index is 0.286. The summed E-state index contributed by atoms with van der Waals surface area (Å²) in [7, 11) is 0. The Morgan fingerprint density at radius 1 is 1.90 bits per heavy atom. The molecule has 0 aliphatic carbocycles. The molecule has 3 nitrogen and oxygen atoms in total. The molecule has 1 unspecified atom stereocenters. The molecular weight excluding hydrogens is 132 g/mol. The number of rotatable bonds is 3. The van der Waals surface area contributed by atoms with Gasteiger partial charge in [0.2, 0.25) is 0 Å². The maximum absolute atomic E-state index is 10.2. The van der Waals surface area contributed by atoms with E-state index in [0.29, 0.717) is 5.57 Å². The minimum atomic E-state index is -0.847. The molecule has 1 rings (SSSR count). The van der Waals surface area contributed by atoms with Crippen molar-refractivity contribution < 1.29 is 14.6 Å². The number of hydrogen-bond donors (Lipinski definition) is 1. The summed E-state index contributed by atoms with van der Waals surface area (Å²) >= 11 is 0. The number of carbonyl (C=O) groups is 1. The minimum Gasteiger partial charge on any atom is -0.478 e. The molecule has 1 fully saturated rings. The van der Waals surface area contributed by atoms with E-state index in [1.165, 1.54) is 0 Å². The van der Waals surface area contributed by atoms with Crippen molar-refractivity contribution in [1.82, 2.24) is 0 Å². The molecule has 1 aliphatic heterocycles. The van der Waals surface area contributed by atoms with Gasteiger partial charge in [-0.05, 0) is 13.3 Å². The second-order valence-electron chi connectivity index (χ2n) is 2.38. The van der Waals surface area contributed by atoms with Crippen LogP contribution in [0.4, 0.5) is 0 Å². The summed E-state index contributed by atoms with van der Waals surface area (Å²) in [5.41, 5.74) is 0.399. The molecule has 1 aliphatic rings. The first kappa shape index (κ1) is 7.28. The van der Waals surface area contributed by atoms with Gasteiger partial charge in [-0.25, -0.2) is 4.79 Å². The Kier molecular flexibility index (Phi) is 2.06. The fourth-order valence-corrected chi connectivity index (χ4v) is 0.600. The van der Waals surface area contributed by atoms with E-state index in [2.05, 4.69) is 0 Å². The van der Waals surface area contributed by atoms with E-state index in [4.69, 9.17) is 9.84 Å². The molecule has 10 heavy (non-hydrogen) atoms. The lowest BCUT2D eigenvalue weighted by atomic mass is 10.2. The zero-order valence-corrected chi connectivity index (χ0v) is 5.83. The van der Waals surface area contributed by atoms with Gasteiger partial charge >= 0.3 is 5.97 Å². The van der Waals surface area contributed by atoms with Crippen molar-refractivity contribution in [2.24, 2.45) is 0 Å². The lowest BCUT2D eigenvalue weighted by Crippen LogP contribution is -1.96. The third-order valence-electron chi connectivity index (χ3n) is 1.43. The molecule has 56 valence electrons. The van der Waals surface area contributed by atoms with Crippen LogP contribution < -0.4 is 0 Å². The second-order valence-corrected chi connectivity index (χ2v) is 2.38. The Morgan fingerprint density at radius 3 is 2.90 bits per heavy atom. The predicted octanol–water partition coefficient (Wildman–Crippen LogP) is 0.806. The van der Waals surface area contributed by atoms with Gasteiger partial charge in [-0.2, -0.15) is 0 Å². The fourth-order valence-electron chi connectivity index (χ4n) is 0.600. The smallest absolute Gasteiger partial charge is 0.330 e. The molecule has 0 radical (unpaired) electrons. The topological polar surface area (TPSA) is 49.8 Å². The lowest BCUT2D eigenvalue weighted by molar-refractivity contribution is -0.132. The summed E-state index contributed by atoms with van der Waals surface area (Å²) in [5.74, 6) is -0.847. The molecule has 1 saturated heterocycles. The zero-order chi connectivity index (χ0) is 7.56. The molecular formula is C7H10O3. The molecule has 1 atom stereocenters. The first-order valence-corrected chi connectivity index (χ1v) is 3.22. The van der Waals surface area contributed by atoms with E-state index in [9.17, 15) is 4.79 Å². The van der Waals surface area contributed by atoms with Gasteiger partial charge in [-0.3, -0.25) is 0 Å². The van der Waals surface area contributed by atoms with Crippen LogP contribution in [-0.2, 0) is 9.53 Å². The van der Waals surface area contributed by atoms with Crippen LogP contribution in [0.2, 0.25) is 0 Å². The Balaban J connectivity index is 2.29. The Bertz CT molecular complexity index is 168.